The lowest BCUT2D eigenvalue weighted by molar-refractivity contribution is 0.720. The lowest BCUT2D eigenvalue weighted by Crippen LogP contribution is -2.22. The quantitative estimate of drug-likeness (QED) is 0.680. The molecule has 0 saturated heterocycles. The van der Waals surface area contributed by atoms with Gasteiger partial charge >= 0.3 is 0 Å². The van der Waals surface area contributed by atoms with Gasteiger partial charge in [-0.2, -0.15) is 14.9 Å². The predicted molar refractivity (Wildman–Crippen MR) is 75.6 cm³/mol. The van der Waals surface area contributed by atoms with Crippen LogP contribution >= 0.6 is 28.1 Å². The number of aromatic nitrogens is 3. The summed E-state index contributed by atoms with van der Waals surface area (Å²) in [5.74, 6) is 0. The van der Waals surface area contributed by atoms with E-state index in [9.17, 15) is 4.79 Å². The zero-order valence-electron chi connectivity index (χ0n) is 9.42. The molecule has 2 aromatic rings. The number of hydrogen-bond acceptors (Lipinski definition) is 4. The Morgan fingerprint density at radius 2 is 2.11 bits per heavy atom. The van der Waals surface area contributed by atoms with Crippen LogP contribution in [0.1, 0.15) is 11.3 Å². The van der Waals surface area contributed by atoms with Gasteiger partial charge in [-0.15, -0.1) is 0 Å². The molecule has 0 bridgehead atoms. The lowest BCUT2D eigenvalue weighted by atomic mass is 10.2. The molecule has 2 rings (SSSR count). The highest BCUT2D eigenvalue weighted by Crippen LogP contribution is 2.08. The first kappa shape index (κ1) is 12.8. The molecule has 0 saturated carbocycles. The summed E-state index contributed by atoms with van der Waals surface area (Å²) in [7, 11) is 0. The first-order chi connectivity index (χ1) is 8.58. The van der Waals surface area contributed by atoms with Crippen LogP contribution in [0.5, 0.6) is 0 Å². The summed E-state index contributed by atoms with van der Waals surface area (Å²) < 4.78 is 2.26. The van der Waals surface area contributed by atoms with Crippen LogP contribution < -0.4 is 5.56 Å². The first-order valence-electron chi connectivity index (χ1n) is 5.06. The van der Waals surface area contributed by atoms with Crippen molar-refractivity contribution in [1.82, 2.24) is 14.9 Å². The first-order valence-corrected chi connectivity index (χ1v) is 6.26. The fourth-order valence-electron chi connectivity index (χ4n) is 1.25. The van der Waals surface area contributed by atoms with Crippen molar-refractivity contribution in [2.24, 2.45) is 5.10 Å². The highest BCUT2D eigenvalue weighted by Gasteiger charge is 2.00. The van der Waals surface area contributed by atoms with E-state index in [-0.39, 0.29) is 10.3 Å². The summed E-state index contributed by atoms with van der Waals surface area (Å²) >= 11 is 8.30. The van der Waals surface area contributed by atoms with Crippen LogP contribution in [0.15, 0.2) is 38.6 Å². The van der Waals surface area contributed by atoms with Crippen molar-refractivity contribution in [3.8, 4) is 0 Å². The van der Waals surface area contributed by atoms with Gasteiger partial charge in [-0.25, -0.2) is 0 Å². The molecular weight excluding hydrogens is 316 g/mol. The Labute approximate surface area is 116 Å². The SMILES string of the molecule is Cc1n[nH]c(=S)n(N=Cc2ccc(Br)cc2)c1=O. The van der Waals surface area contributed by atoms with Crippen LogP contribution in [0.4, 0.5) is 0 Å². The van der Waals surface area contributed by atoms with Gasteiger partial charge in [0.15, 0.2) is 0 Å². The zero-order valence-corrected chi connectivity index (χ0v) is 11.8. The smallest absolute Gasteiger partial charge is 0.265 e. The highest BCUT2D eigenvalue weighted by atomic mass is 79.9. The van der Waals surface area contributed by atoms with Gasteiger partial charge < -0.3 is 0 Å². The van der Waals surface area contributed by atoms with Crippen molar-refractivity contribution in [3.63, 3.8) is 0 Å². The van der Waals surface area contributed by atoms with Crippen molar-refractivity contribution in [3.05, 3.63) is 55.1 Å². The fourth-order valence-corrected chi connectivity index (χ4v) is 1.69. The molecule has 0 amide bonds. The Hall–Kier alpha value is -1.60. The molecule has 5 nitrogen and oxygen atoms in total. The number of nitrogens with one attached hydrogen (secondary N) is 1. The summed E-state index contributed by atoms with van der Waals surface area (Å²) in [4.78, 5) is 11.8. The molecule has 0 unspecified atom stereocenters. The Morgan fingerprint density at radius 3 is 2.78 bits per heavy atom. The average molecular weight is 325 g/mol. The molecule has 0 aliphatic rings. The van der Waals surface area contributed by atoms with Crippen LogP contribution in [0.25, 0.3) is 0 Å². The van der Waals surface area contributed by atoms with E-state index in [1.54, 1.807) is 13.1 Å². The molecule has 0 atom stereocenters. The van der Waals surface area contributed by atoms with E-state index < -0.39 is 0 Å². The number of rotatable bonds is 2. The van der Waals surface area contributed by atoms with Gasteiger partial charge in [0, 0.05) is 4.47 Å². The number of benzene rings is 1. The Kier molecular flexibility index (Phi) is 3.83. The van der Waals surface area contributed by atoms with Crippen LogP contribution in [-0.2, 0) is 0 Å². The number of H-pyrrole nitrogens is 1. The normalized spacial score (nSPS) is 11.0. The van der Waals surface area contributed by atoms with Crippen molar-refractivity contribution >= 4 is 34.4 Å². The lowest BCUT2D eigenvalue weighted by Gasteiger charge is -1.99. The molecule has 1 N–H and O–H groups in total. The fraction of sp³-hybridized carbons (Fsp3) is 0.0909. The number of aryl methyl sites for hydroxylation is 1. The standard InChI is InChI=1S/C11H9BrN4OS/c1-7-10(17)16(11(18)15-14-7)13-6-8-2-4-9(12)5-3-8/h2-6H,1H3,(H,15,18). The number of halogens is 1. The van der Waals surface area contributed by atoms with Gasteiger partial charge in [-0.1, -0.05) is 28.1 Å². The van der Waals surface area contributed by atoms with Gasteiger partial charge in [0.2, 0.25) is 4.77 Å². The minimum absolute atomic E-state index is 0.166. The maximum Gasteiger partial charge on any atom is 0.296 e. The molecule has 92 valence electrons. The minimum atomic E-state index is -0.327. The molecule has 0 aliphatic heterocycles. The van der Waals surface area contributed by atoms with E-state index >= 15 is 0 Å². The van der Waals surface area contributed by atoms with Crippen molar-refractivity contribution in [2.75, 3.05) is 0 Å². The Bertz CT molecular complexity index is 702. The van der Waals surface area contributed by atoms with E-state index in [1.165, 1.54) is 0 Å². The summed E-state index contributed by atoms with van der Waals surface area (Å²) in [6, 6.07) is 7.53. The van der Waals surface area contributed by atoms with Gasteiger partial charge in [0.1, 0.15) is 5.69 Å². The van der Waals surface area contributed by atoms with E-state index in [4.69, 9.17) is 12.2 Å². The molecular formula is C11H9BrN4OS. The molecule has 0 aliphatic carbocycles. The van der Waals surface area contributed by atoms with Crippen molar-refractivity contribution in [2.45, 2.75) is 6.92 Å². The monoisotopic (exact) mass is 324 g/mol. The molecule has 1 aromatic heterocycles. The maximum absolute atomic E-state index is 11.8. The van der Waals surface area contributed by atoms with Crippen molar-refractivity contribution < 1.29 is 0 Å². The average Bonchev–Trinajstić information content (AvgIpc) is 2.36. The largest absolute Gasteiger partial charge is 0.296 e. The van der Waals surface area contributed by atoms with E-state index in [1.807, 2.05) is 24.3 Å². The van der Waals surface area contributed by atoms with Crippen molar-refractivity contribution in [1.29, 1.82) is 0 Å². The zero-order chi connectivity index (χ0) is 13.1. The summed E-state index contributed by atoms with van der Waals surface area (Å²) in [5, 5.41) is 10.4. The Morgan fingerprint density at radius 1 is 1.44 bits per heavy atom. The van der Waals surface area contributed by atoms with Gasteiger partial charge in [0.25, 0.3) is 5.56 Å². The molecule has 7 heteroatoms. The highest BCUT2D eigenvalue weighted by molar-refractivity contribution is 9.10. The Balaban J connectivity index is 2.41. The van der Waals surface area contributed by atoms with Crippen LogP contribution in [0, 0.1) is 11.7 Å². The van der Waals surface area contributed by atoms with Gasteiger partial charge in [-0.3, -0.25) is 9.89 Å². The topological polar surface area (TPSA) is 63.0 Å². The maximum atomic E-state index is 11.8. The van der Waals surface area contributed by atoms with Crippen LogP contribution in [0.3, 0.4) is 0 Å². The molecule has 0 fully saturated rings. The summed E-state index contributed by atoms with van der Waals surface area (Å²) in [6.07, 6.45) is 1.57. The number of nitrogens with zero attached hydrogens (tertiary/aromatic N) is 3. The number of aromatic amines is 1. The summed E-state index contributed by atoms with van der Waals surface area (Å²) in [5.41, 5.74) is 0.859. The third-order valence-electron chi connectivity index (χ3n) is 2.21. The minimum Gasteiger partial charge on any atom is -0.265 e. The van der Waals surface area contributed by atoms with E-state index in [0.29, 0.717) is 5.69 Å². The van der Waals surface area contributed by atoms with Gasteiger partial charge in [0.05, 0.1) is 6.21 Å². The summed E-state index contributed by atoms with van der Waals surface area (Å²) in [6.45, 7) is 1.60. The number of hydrogen-bond donors (Lipinski definition) is 1. The van der Waals surface area contributed by atoms with E-state index in [0.717, 1.165) is 14.7 Å². The third-order valence-corrected chi connectivity index (χ3v) is 3.00. The molecule has 18 heavy (non-hydrogen) atoms. The van der Waals surface area contributed by atoms with Gasteiger partial charge in [-0.05, 0) is 36.8 Å². The third kappa shape index (κ3) is 2.80. The second-order valence-electron chi connectivity index (χ2n) is 3.53. The molecule has 1 aromatic carbocycles. The van der Waals surface area contributed by atoms with Crippen LogP contribution in [-0.4, -0.2) is 21.1 Å². The second-order valence-corrected chi connectivity index (χ2v) is 4.83. The second kappa shape index (κ2) is 5.36. The molecule has 0 radical (unpaired) electrons. The van der Waals surface area contributed by atoms with E-state index in [2.05, 4.69) is 31.2 Å². The molecule has 0 spiro atoms. The molecule has 1 heterocycles. The predicted octanol–water partition coefficient (Wildman–Crippen LogP) is 2.25. The van der Waals surface area contributed by atoms with Crippen LogP contribution in [0.2, 0.25) is 0 Å².